The van der Waals surface area contributed by atoms with Crippen molar-refractivity contribution in [3.05, 3.63) is 98.6 Å². The summed E-state index contributed by atoms with van der Waals surface area (Å²) in [5, 5.41) is 7.94. The van der Waals surface area contributed by atoms with Crippen LogP contribution in [0.2, 0.25) is 4.34 Å². The molecule has 0 aromatic carbocycles. The van der Waals surface area contributed by atoms with E-state index in [9.17, 15) is 14.4 Å². The molecule has 1 N–H and O–H groups in total. The average molecular weight is 576 g/mol. The molecule has 11 heteroatoms. The van der Waals surface area contributed by atoms with Crippen LogP contribution in [0.25, 0.3) is 22.5 Å². The van der Waals surface area contributed by atoms with Crippen LogP contribution in [-0.4, -0.2) is 31.0 Å². The zero-order chi connectivity index (χ0) is 28.4. The highest BCUT2D eigenvalue weighted by Gasteiger charge is 2.28. The topological polar surface area (TPSA) is 112 Å². The van der Waals surface area contributed by atoms with Gasteiger partial charge >= 0.3 is 0 Å². The van der Waals surface area contributed by atoms with Gasteiger partial charge in [0.25, 0.3) is 11.5 Å². The van der Waals surface area contributed by atoms with Crippen LogP contribution in [0.1, 0.15) is 41.0 Å². The predicted octanol–water partition coefficient (Wildman–Crippen LogP) is 6.26. The number of pyridine rings is 2. The summed E-state index contributed by atoms with van der Waals surface area (Å²) in [6.45, 7) is 5.67. The van der Waals surface area contributed by atoms with Gasteiger partial charge in [-0.25, -0.2) is 0 Å². The lowest BCUT2D eigenvalue weighted by Gasteiger charge is -2.18. The maximum Gasteiger partial charge on any atom is 0.261 e. The fourth-order valence-corrected chi connectivity index (χ4v) is 5.10. The summed E-state index contributed by atoms with van der Waals surface area (Å²) in [4.78, 5) is 45.2. The van der Waals surface area contributed by atoms with E-state index in [4.69, 9.17) is 16.0 Å². The average Bonchev–Trinajstić information content (AvgIpc) is 3.69. The fraction of sp³-hybridized carbons (Fsp3) is 0.207. The van der Waals surface area contributed by atoms with Crippen LogP contribution < -0.4 is 10.9 Å². The number of carbonyl (C=O) groups is 2. The molecule has 0 spiro atoms. The lowest BCUT2D eigenvalue weighted by atomic mass is 9.96. The molecule has 0 unspecified atom stereocenters. The molecule has 0 aliphatic carbocycles. The fourth-order valence-electron chi connectivity index (χ4n) is 4.08. The first-order valence-electron chi connectivity index (χ1n) is 12.5. The van der Waals surface area contributed by atoms with Gasteiger partial charge in [0.2, 0.25) is 5.78 Å². The van der Waals surface area contributed by atoms with Gasteiger partial charge in [-0.2, -0.15) is 9.78 Å². The van der Waals surface area contributed by atoms with Gasteiger partial charge in [-0.05, 0) is 42.5 Å². The molecule has 0 radical (unpaired) electrons. The number of thiophene rings is 1. The zero-order valence-electron chi connectivity index (χ0n) is 22.1. The van der Waals surface area contributed by atoms with Crippen molar-refractivity contribution < 1.29 is 14.0 Å². The van der Waals surface area contributed by atoms with Crippen molar-refractivity contribution >= 4 is 40.4 Å². The number of nitrogens with zero attached hydrogens (tertiary/aromatic N) is 4. The quantitative estimate of drug-likeness (QED) is 0.217. The minimum Gasteiger partial charge on any atom is -0.461 e. The lowest BCUT2D eigenvalue weighted by Crippen LogP contribution is -2.29. The second-order valence-electron chi connectivity index (χ2n) is 10.1. The number of Topliss-reactive ketones (excluding diaryl/α,β-unsaturated/α-hetero) is 1. The molecule has 0 saturated heterocycles. The SMILES string of the molecule is CC(C)(C)C(=O)n1nc(-c2ccn(CC(=O)c3ccco3)c(=O)c2-c2ccccn2)cc1NCc1ccc(Cl)s1. The summed E-state index contributed by atoms with van der Waals surface area (Å²) in [7, 11) is 0. The van der Waals surface area contributed by atoms with Gasteiger partial charge in [0, 0.05) is 34.3 Å². The molecule has 9 nitrogen and oxygen atoms in total. The number of furan rings is 1. The summed E-state index contributed by atoms with van der Waals surface area (Å²) < 4.78 is 8.52. The minimum atomic E-state index is -0.717. The van der Waals surface area contributed by atoms with Crippen molar-refractivity contribution in [2.75, 3.05) is 5.32 Å². The van der Waals surface area contributed by atoms with E-state index in [1.54, 1.807) is 48.7 Å². The zero-order valence-corrected chi connectivity index (χ0v) is 23.6. The van der Waals surface area contributed by atoms with Crippen LogP contribution in [0.15, 0.2) is 82.5 Å². The second-order valence-corrected chi connectivity index (χ2v) is 11.9. The third kappa shape index (κ3) is 5.68. The van der Waals surface area contributed by atoms with Crippen LogP contribution in [0.5, 0.6) is 0 Å². The first kappa shape index (κ1) is 27.3. The number of hydrogen-bond donors (Lipinski definition) is 1. The number of halogens is 1. The normalized spacial score (nSPS) is 11.5. The Bertz CT molecular complexity index is 1730. The molecule has 40 heavy (non-hydrogen) atoms. The summed E-state index contributed by atoms with van der Waals surface area (Å²) >= 11 is 7.53. The van der Waals surface area contributed by atoms with Crippen molar-refractivity contribution in [3.8, 4) is 22.5 Å². The van der Waals surface area contributed by atoms with Gasteiger partial charge in [-0.15, -0.1) is 11.3 Å². The number of rotatable bonds is 8. The number of aromatic nitrogens is 4. The number of hydrogen-bond acceptors (Lipinski definition) is 8. The molecule has 0 bridgehead atoms. The van der Waals surface area contributed by atoms with E-state index in [-0.39, 0.29) is 29.6 Å². The molecule has 0 saturated carbocycles. The highest BCUT2D eigenvalue weighted by Crippen LogP contribution is 2.31. The molecule has 5 heterocycles. The molecule has 0 aliphatic heterocycles. The minimum absolute atomic E-state index is 0.164. The van der Waals surface area contributed by atoms with Crippen LogP contribution in [-0.2, 0) is 13.1 Å². The monoisotopic (exact) mass is 575 g/mol. The van der Waals surface area contributed by atoms with Gasteiger partial charge < -0.3 is 14.3 Å². The highest BCUT2D eigenvalue weighted by molar-refractivity contribution is 7.16. The molecular weight excluding hydrogens is 550 g/mol. The van der Waals surface area contributed by atoms with Crippen molar-refractivity contribution in [1.82, 2.24) is 19.3 Å². The van der Waals surface area contributed by atoms with Gasteiger partial charge in [-0.1, -0.05) is 38.4 Å². The van der Waals surface area contributed by atoms with Crippen molar-refractivity contribution in [1.29, 1.82) is 0 Å². The third-order valence-electron chi connectivity index (χ3n) is 6.09. The van der Waals surface area contributed by atoms with Crippen LogP contribution in [0.3, 0.4) is 0 Å². The molecule has 204 valence electrons. The van der Waals surface area contributed by atoms with E-state index >= 15 is 0 Å². The van der Waals surface area contributed by atoms with Crippen molar-refractivity contribution in [2.24, 2.45) is 5.41 Å². The Kier molecular flexibility index (Phi) is 7.55. The highest BCUT2D eigenvalue weighted by atomic mass is 35.5. The first-order chi connectivity index (χ1) is 19.1. The van der Waals surface area contributed by atoms with E-state index < -0.39 is 11.0 Å². The lowest BCUT2D eigenvalue weighted by molar-refractivity contribution is 0.0752. The van der Waals surface area contributed by atoms with E-state index in [2.05, 4.69) is 15.4 Å². The van der Waals surface area contributed by atoms with Gasteiger partial charge in [0.05, 0.1) is 40.6 Å². The second kappa shape index (κ2) is 11.1. The van der Waals surface area contributed by atoms with E-state index in [0.29, 0.717) is 33.7 Å². The summed E-state index contributed by atoms with van der Waals surface area (Å²) in [6, 6.07) is 15.6. The first-order valence-corrected chi connectivity index (χ1v) is 13.7. The van der Waals surface area contributed by atoms with E-state index in [0.717, 1.165) is 4.88 Å². The van der Waals surface area contributed by atoms with E-state index in [1.807, 2.05) is 32.9 Å². The van der Waals surface area contributed by atoms with Gasteiger partial charge in [0.15, 0.2) is 5.76 Å². The molecule has 0 atom stereocenters. The Morgan fingerprint density at radius 2 is 1.90 bits per heavy atom. The number of nitrogens with one attached hydrogen (secondary N) is 1. The molecule has 5 aromatic rings. The molecule has 0 fully saturated rings. The molecule has 0 aliphatic rings. The Labute approximate surface area is 239 Å². The van der Waals surface area contributed by atoms with E-state index in [1.165, 1.54) is 33.0 Å². The largest absolute Gasteiger partial charge is 0.461 e. The van der Waals surface area contributed by atoms with Crippen molar-refractivity contribution in [3.63, 3.8) is 0 Å². The van der Waals surface area contributed by atoms with Crippen LogP contribution in [0, 0.1) is 5.41 Å². The summed E-state index contributed by atoms with van der Waals surface area (Å²) in [5.41, 5.74) is 0.433. The van der Waals surface area contributed by atoms with Gasteiger partial charge in [0.1, 0.15) is 5.82 Å². The Balaban J connectivity index is 1.60. The number of carbonyl (C=O) groups excluding carboxylic acids is 2. The van der Waals surface area contributed by atoms with Crippen LogP contribution in [0.4, 0.5) is 5.82 Å². The maximum atomic E-state index is 13.8. The van der Waals surface area contributed by atoms with Crippen molar-refractivity contribution in [2.45, 2.75) is 33.9 Å². The third-order valence-corrected chi connectivity index (χ3v) is 7.32. The number of ketones is 1. The molecule has 5 aromatic heterocycles. The molecular formula is C29H26ClN5O4S. The standard InChI is InChI=1S/C29H26ClN5O4S/c1-29(2,3)28(38)35-25(32-16-18-9-10-24(30)40-18)15-21(33-35)19-11-13-34(17-22(36)23-8-6-14-39-23)27(37)26(19)20-7-4-5-12-31-20/h4-15,32H,16-17H2,1-3H3. The molecule has 0 amide bonds. The summed E-state index contributed by atoms with van der Waals surface area (Å²) in [5.74, 6) is 0.0791. The molecule has 5 rings (SSSR count). The number of anilines is 1. The Hall–Kier alpha value is -4.28. The predicted molar refractivity (Wildman–Crippen MR) is 155 cm³/mol. The Morgan fingerprint density at radius 3 is 2.55 bits per heavy atom. The summed E-state index contributed by atoms with van der Waals surface area (Å²) in [6.07, 6.45) is 4.54. The smallest absolute Gasteiger partial charge is 0.261 e. The van der Waals surface area contributed by atoms with Crippen LogP contribution >= 0.6 is 22.9 Å². The Morgan fingerprint density at radius 1 is 1.07 bits per heavy atom. The van der Waals surface area contributed by atoms with Gasteiger partial charge in [-0.3, -0.25) is 19.4 Å². The maximum absolute atomic E-state index is 13.8.